The van der Waals surface area contributed by atoms with Gasteiger partial charge in [-0.3, -0.25) is 0 Å². The Bertz CT molecular complexity index is 1970. The third-order valence-electron chi connectivity index (χ3n) is 6.77. The van der Waals surface area contributed by atoms with Gasteiger partial charge in [0.1, 0.15) is 34.5 Å². The van der Waals surface area contributed by atoms with Crippen LogP contribution < -0.4 is 20.9 Å². The molecule has 0 amide bonds. The minimum atomic E-state index is -0.0253. The Balaban J connectivity index is 1.66. The number of phenolic OH excluding ortho intramolecular Hbond substituents is 2. The highest BCUT2D eigenvalue weighted by Gasteiger charge is 2.21. The molecular formula is C34H24N2O4. The average Bonchev–Trinajstić information content (AvgIpc) is 2.96. The van der Waals surface area contributed by atoms with E-state index in [4.69, 9.17) is 27.4 Å². The highest BCUT2D eigenvalue weighted by atomic mass is 16.5. The van der Waals surface area contributed by atoms with Gasteiger partial charge in [0.05, 0.1) is 11.4 Å². The summed E-state index contributed by atoms with van der Waals surface area (Å²) >= 11 is 0. The molecule has 0 aliphatic carbocycles. The highest BCUT2D eigenvalue weighted by molar-refractivity contribution is 6.11. The van der Waals surface area contributed by atoms with E-state index in [1.54, 1.807) is 24.3 Å². The SMILES string of the molecule is C#Cc1cccc2c(-c3c(Oc4ccc(O)c(N)c4)ccc4ccccc34)c(Oc3ccc(O)c(N)c3)ccc12. The molecule has 194 valence electrons. The lowest BCUT2D eigenvalue weighted by Crippen LogP contribution is -1.96. The van der Waals surface area contributed by atoms with Crippen LogP contribution >= 0.6 is 0 Å². The Kier molecular flexibility index (Phi) is 6.02. The lowest BCUT2D eigenvalue weighted by molar-refractivity contribution is 0.465. The molecule has 6 N–H and O–H groups in total. The second-order valence-electron chi connectivity index (χ2n) is 9.29. The van der Waals surface area contributed by atoms with Gasteiger partial charge < -0.3 is 31.2 Å². The summed E-state index contributed by atoms with van der Waals surface area (Å²) < 4.78 is 12.8. The molecule has 0 aromatic heterocycles. The van der Waals surface area contributed by atoms with Crippen LogP contribution in [-0.2, 0) is 0 Å². The van der Waals surface area contributed by atoms with Gasteiger partial charge in [0.2, 0.25) is 0 Å². The van der Waals surface area contributed by atoms with Crippen LogP contribution in [0.1, 0.15) is 5.56 Å². The number of aromatic hydroxyl groups is 2. The van der Waals surface area contributed by atoms with Gasteiger partial charge in [-0.15, -0.1) is 6.42 Å². The number of terminal acetylenes is 1. The number of hydrogen-bond acceptors (Lipinski definition) is 6. The predicted octanol–water partition coefficient (Wildman–Crippen LogP) is 7.80. The second-order valence-corrected chi connectivity index (χ2v) is 9.29. The quantitative estimate of drug-likeness (QED) is 0.104. The molecule has 0 spiro atoms. The molecule has 0 aliphatic rings. The van der Waals surface area contributed by atoms with Crippen molar-refractivity contribution in [1.82, 2.24) is 0 Å². The van der Waals surface area contributed by atoms with Crippen molar-refractivity contribution in [3.05, 3.63) is 109 Å². The molecule has 6 aromatic carbocycles. The molecule has 40 heavy (non-hydrogen) atoms. The maximum Gasteiger partial charge on any atom is 0.138 e. The van der Waals surface area contributed by atoms with Gasteiger partial charge in [-0.1, -0.05) is 48.4 Å². The van der Waals surface area contributed by atoms with Crippen LogP contribution in [0.5, 0.6) is 34.5 Å². The molecular weight excluding hydrogens is 500 g/mol. The second kappa shape index (κ2) is 9.82. The van der Waals surface area contributed by atoms with E-state index in [9.17, 15) is 10.2 Å². The zero-order valence-electron chi connectivity index (χ0n) is 21.3. The fourth-order valence-corrected chi connectivity index (χ4v) is 4.85. The Labute approximate surface area is 230 Å². The normalized spacial score (nSPS) is 10.9. The van der Waals surface area contributed by atoms with Crippen molar-refractivity contribution in [1.29, 1.82) is 0 Å². The Morgan fingerprint density at radius 3 is 1.77 bits per heavy atom. The summed E-state index contributed by atoms with van der Waals surface area (Å²) in [6, 6.07) is 30.9. The number of benzene rings is 6. The molecule has 6 nitrogen and oxygen atoms in total. The monoisotopic (exact) mass is 524 g/mol. The first-order chi connectivity index (χ1) is 19.4. The van der Waals surface area contributed by atoms with Gasteiger partial charge >= 0.3 is 0 Å². The maximum atomic E-state index is 9.93. The van der Waals surface area contributed by atoms with Gasteiger partial charge in [0.25, 0.3) is 0 Å². The van der Waals surface area contributed by atoms with Crippen LogP contribution in [0.2, 0.25) is 0 Å². The van der Waals surface area contributed by atoms with Crippen LogP contribution in [-0.4, -0.2) is 10.2 Å². The fraction of sp³-hybridized carbons (Fsp3) is 0. The summed E-state index contributed by atoms with van der Waals surface area (Å²) in [7, 11) is 0. The molecule has 0 heterocycles. The largest absolute Gasteiger partial charge is 0.506 e. The van der Waals surface area contributed by atoms with E-state index in [1.807, 2.05) is 66.7 Å². The summed E-state index contributed by atoms with van der Waals surface area (Å²) in [5.74, 6) is 4.75. The zero-order chi connectivity index (χ0) is 27.8. The Morgan fingerprint density at radius 2 is 1.15 bits per heavy atom. The molecule has 0 saturated heterocycles. The topological polar surface area (TPSA) is 111 Å². The molecule has 0 fully saturated rings. The molecule has 0 saturated carbocycles. The van der Waals surface area contributed by atoms with Crippen molar-refractivity contribution in [3.8, 4) is 58.0 Å². The summed E-state index contributed by atoms with van der Waals surface area (Å²) in [5.41, 5.74) is 14.6. The van der Waals surface area contributed by atoms with E-state index in [1.165, 1.54) is 12.1 Å². The van der Waals surface area contributed by atoms with Crippen molar-refractivity contribution in [2.24, 2.45) is 0 Å². The summed E-state index contributed by atoms with van der Waals surface area (Å²) in [5, 5.41) is 23.5. The van der Waals surface area contributed by atoms with E-state index in [0.29, 0.717) is 23.0 Å². The minimum absolute atomic E-state index is 0.0224. The first-order valence-electron chi connectivity index (χ1n) is 12.5. The van der Waals surface area contributed by atoms with E-state index in [0.717, 1.165) is 38.2 Å². The molecule has 0 radical (unpaired) electrons. The molecule has 0 atom stereocenters. The van der Waals surface area contributed by atoms with Crippen LogP contribution in [0.25, 0.3) is 32.7 Å². The summed E-state index contributed by atoms with van der Waals surface area (Å²) in [6.07, 6.45) is 5.87. The molecule has 0 unspecified atom stereocenters. The zero-order valence-corrected chi connectivity index (χ0v) is 21.3. The van der Waals surface area contributed by atoms with Crippen molar-refractivity contribution in [3.63, 3.8) is 0 Å². The molecule has 6 rings (SSSR count). The van der Waals surface area contributed by atoms with Crippen LogP contribution in [0.15, 0.2) is 103 Å². The van der Waals surface area contributed by atoms with Crippen molar-refractivity contribution >= 4 is 32.9 Å². The summed E-state index contributed by atoms with van der Waals surface area (Å²) in [6.45, 7) is 0. The molecule has 6 heteroatoms. The van der Waals surface area contributed by atoms with Crippen molar-refractivity contribution < 1.29 is 19.7 Å². The number of nitrogens with two attached hydrogens (primary N) is 2. The first kappa shape index (κ1) is 24.5. The number of nitrogen functional groups attached to an aromatic ring is 2. The lowest BCUT2D eigenvalue weighted by atomic mass is 9.91. The summed E-state index contributed by atoms with van der Waals surface area (Å²) in [4.78, 5) is 0. The number of phenols is 2. The van der Waals surface area contributed by atoms with Crippen LogP contribution in [0, 0.1) is 12.3 Å². The Hall–Kier alpha value is -5.80. The third kappa shape index (κ3) is 4.32. The highest BCUT2D eigenvalue weighted by Crippen LogP contribution is 2.48. The van der Waals surface area contributed by atoms with Gasteiger partial charge in [-0.25, -0.2) is 0 Å². The van der Waals surface area contributed by atoms with E-state index in [2.05, 4.69) is 5.92 Å². The van der Waals surface area contributed by atoms with Crippen molar-refractivity contribution in [2.75, 3.05) is 11.5 Å². The van der Waals surface area contributed by atoms with Gasteiger partial charge in [0.15, 0.2) is 0 Å². The number of anilines is 2. The maximum absolute atomic E-state index is 9.93. The number of fused-ring (bicyclic) bond motifs is 2. The molecule has 0 aliphatic heterocycles. The molecule has 0 bridgehead atoms. The minimum Gasteiger partial charge on any atom is -0.506 e. The average molecular weight is 525 g/mol. The van der Waals surface area contributed by atoms with E-state index >= 15 is 0 Å². The van der Waals surface area contributed by atoms with Crippen molar-refractivity contribution in [2.45, 2.75) is 0 Å². The number of ether oxygens (including phenoxy) is 2. The molecule has 6 aromatic rings. The van der Waals surface area contributed by atoms with Gasteiger partial charge in [0, 0.05) is 28.8 Å². The lowest BCUT2D eigenvalue weighted by Gasteiger charge is -2.20. The predicted molar refractivity (Wildman–Crippen MR) is 160 cm³/mol. The standard InChI is InChI=1S/C34H24N2O4/c1-2-20-7-5-9-26-24(20)13-17-32(40-23-12-15-30(38)28(36)19-23)34(26)33-25-8-4-3-6-21(25)10-16-31(33)39-22-11-14-29(37)27(35)18-22/h1,3-19,37-38H,35-36H2. The van der Waals surface area contributed by atoms with E-state index < -0.39 is 0 Å². The third-order valence-corrected chi connectivity index (χ3v) is 6.77. The van der Waals surface area contributed by atoms with Gasteiger partial charge in [-0.2, -0.15) is 0 Å². The van der Waals surface area contributed by atoms with E-state index in [-0.39, 0.29) is 22.9 Å². The number of hydrogen-bond donors (Lipinski definition) is 4. The fourth-order valence-electron chi connectivity index (χ4n) is 4.85. The van der Waals surface area contributed by atoms with Crippen LogP contribution in [0.3, 0.4) is 0 Å². The van der Waals surface area contributed by atoms with Crippen LogP contribution in [0.4, 0.5) is 11.4 Å². The smallest absolute Gasteiger partial charge is 0.138 e. The first-order valence-corrected chi connectivity index (χ1v) is 12.5. The Morgan fingerprint density at radius 1 is 0.575 bits per heavy atom. The number of rotatable bonds is 5. The van der Waals surface area contributed by atoms with Gasteiger partial charge in [-0.05, 0) is 70.1 Å².